The first-order chi connectivity index (χ1) is 14.5. The van der Waals surface area contributed by atoms with Gasteiger partial charge in [0.1, 0.15) is 5.75 Å². The maximum absolute atomic E-state index is 13.2. The lowest BCUT2D eigenvalue weighted by Gasteiger charge is -2.28. The Labute approximate surface area is 184 Å². The van der Waals surface area contributed by atoms with Gasteiger partial charge in [-0.15, -0.1) is 0 Å². The van der Waals surface area contributed by atoms with Gasteiger partial charge >= 0.3 is 0 Å². The van der Waals surface area contributed by atoms with E-state index < -0.39 is 6.04 Å². The van der Waals surface area contributed by atoms with Crippen molar-refractivity contribution >= 4 is 27.4 Å². The van der Waals surface area contributed by atoms with Crippen molar-refractivity contribution in [3.05, 3.63) is 105 Å². The van der Waals surface area contributed by atoms with Crippen molar-refractivity contribution in [3.63, 3.8) is 0 Å². The van der Waals surface area contributed by atoms with Crippen molar-refractivity contribution in [1.29, 1.82) is 0 Å². The molecule has 5 heteroatoms. The van der Waals surface area contributed by atoms with Gasteiger partial charge in [0, 0.05) is 15.6 Å². The van der Waals surface area contributed by atoms with E-state index in [1.807, 2.05) is 79.7 Å². The van der Waals surface area contributed by atoms with Crippen LogP contribution in [0.4, 0.5) is 0 Å². The van der Waals surface area contributed by atoms with Crippen LogP contribution in [0.25, 0.3) is 5.57 Å². The molecule has 1 N–H and O–H groups in total. The molecule has 30 heavy (non-hydrogen) atoms. The van der Waals surface area contributed by atoms with E-state index in [0.29, 0.717) is 17.9 Å². The fourth-order valence-electron chi connectivity index (χ4n) is 3.85. The van der Waals surface area contributed by atoms with Gasteiger partial charge in [0.15, 0.2) is 5.76 Å². The van der Waals surface area contributed by atoms with Gasteiger partial charge < -0.3 is 14.7 Å². The molecule has 1 atom stereocenters. The Morgan fingerprint density at radius 2 is 1.67 bits per heavy atom. The SMILES string of the molecule is COc1ccccc1CN1C(=O)C(O)=C(c2ccc(C)cc2)[C@@H]1c1ccc(Br)cc1. The van der Waals surface area contributed by atoms with E-state index in [0.717, 1.165) is 26.7 Å². The number of nitrogens with zero attached hydrogens (tertiary/aromatic N) is 1. The van der Waals surface area contributed by atoms with Crippen LogP contribution < -0.4 is 4.74 Å². The molecule has 3 aromatic carbocycles. The predicted molar refractivity (Wildman–Crippen MR) is 121 cm³/mol. The molecule has 3 aromatic rings. The quantitative estimate of drug-likeness (QED) is 0.518. The Hall–Kier alpha value is -3.05. The highest BCUT2D eigenvalue weighted by atomic mass is 79.9. The number of aliphatic hydroxyl groups is 1. The summed E-state index contributed by atoms with van der Waals surface area (Å²) in [7, 11) is 1.62. The van der Waals surface area contributed by atoms with E-state index in [4.69, 9.17) is 4.74 Å². The number of hydrogen-bond acceptors (Lipinski definition) is 3. The standard InChI is InChI=1S/C25H22BrNO3/c1-16-7-9-17(10-8-16)22-23(18-11-13-20(26)14-12-18)27(25(29)24(22)28)15-19-5-3-4-6-21(19)30-2/h3-14,23,28H,15H2,1-2H3/t23-/m0/s1. The van der Waals surface area contributed by atoms with E-state index in [1.165, 1.54) is 0 Å². The minimum absolute atomic E-state index is 0.207. The number of para-hydroxylation sites is 1. The molecule has 0 aromatic heterocycles. The topological polar surface area (TPSA) is 49.8 Å². The number of aryl methyl sites for hydroxylation is 1. The fraction of sp³-hybridized carbons (Fsp3) is 0.160. The van der Waals surface area contributed by atoms with Gasteiger partial charge in [0.05, 0.1) is 19.7 Å². The molecule has 0 radical (unpaired) electrons. The van der Waals surface area contributed by atoms with Gasteiger partial charge in [-0.05, 0) is 36.2 Å². The number of rotatable bonds is 5. The van der Waals surface area contributed by atoms with Crippen molar-refractivity contribution in [2.75, 3.05) is 7.11 Å². The summed E-state index contributed by atoms with van der Waals surface area (Å²) in [6, 6.07) is 22.9. The first-order valence-electron chi connectivity index (χ1n) is 9.68. The van der Waals surface area contributed by atoms with Gasteiger partial charge in [-0.3, -0.25) is 4.79 Å². The van der Waals surface area contributed by atoms with E-state index in [9.17, 15) is 9.90 Å². The highest BCUT2D eigenvalue weighted by molar-refractivity contribution is 9.10. The molecule has 4 rings (SSSR count). The summed E-state index contributed by atoms with van der Waals surface area (Å²) in [5, 5.41) is 10.9. The van der Waals surface area contributed by atoms with Crippen LogP contribution in [0.15, 0.2) is 83.0 Å². The maximum Gasteiger partial charge on any atom is 0.290 e. The number of methoxy groups -OCH3 is 1. The maximum atomic E-state index is 13.2. The average Bonchev–Trinajstić information content (AvgIpc) is 3.00. The molecule has 0 bridgehead atoms. The Kier molecular flexibility index (Phi) is 5.64. The molecule has 0 unspecified atom stereocenters. The number of ether oxygens (including phenoxy) is 1. The van der Waals surface area contributed by atoms with Gasteiger partial charge in [0.25, 0.3) is 5.91 Å². The van der Waals surface area contributed by atoms with Crippen LogP contribution in [0, 0.1) is 6.92 Å². The molecule has 0 spiro atoms. The lowest BCUT2D eigenvalue weighted by molar-refractivity contribution is -0.130. The van der Waals surface area contributed by atoms with Gasteiger partial charge in [0.2, 0.25) is 0 Å². The minimum atomic E-state index is -0.404. The van der Waals surface area contributed by atoms with Crippen LogP contribution in [-0.4, -0.2) is 23.0 Å². The minimum Gasteiger partial charge on any atom is -0.503 e. The summed E-state index contributed by atoms with van der Waals surface area (Å²) < 4.78 is 6.43. The van der Waals surface area contributed by atoms with E-state index in [-0.39, 0.29) is 11.7 Å². The van der Waals surface area contributed by atoms with Crippen molar-refractivity contribution in [2.24, 2.45) is 0 Å². The van der Waals surface area contributed by atoms with Crippen LogP contribution in [0.3, 0.4) is 0 Å². The number of benzene rings is 3. The molecule has 152 valence electrons. The Morgan fingerprint density at radius 1 is 1.00 bits per heavy atom. The summed E-state index contributed by atoms with van der Waals surface area (Å²) in [6.07, 6.45) is 0. The fourth-order valence-corrected chi connectivity index (χ4v) is 4.12. The smallest absolute Gasteiger partial charge is 0.290 e. The largest absolute Gasteiger partial charge is 0.503 e. The van der Waals surface area contributed by atoms with Crippen LogP contribution in [-0.2, 0) is 11.3 Å². The van der Waals surface area contributed by atoms with Gasteiger partial charge in [-0.2, -0.15) is 0 Å². The van der Waals surface area contributed by atoms with Crippen LogP contribution >= 0.6 is 15.9 Å². The zero-order valence-electron chi connectivity index (χ0n) is 16.8. The van der Waals surface area contributed by atoms with Crippen LogP contribution in [0.5, 0.6) is 5.75 Å². The predicted octanol–water partition coefficient (Wildman–Crippen LogP) is 5.82. The average molecular weight is 464 g/mol. The monoisotopic (exact) mass is 463 g/mol. The Morgan fingerprint density at radius 3 is 2.33 bits per heavy atom. The van der Waals surface area contributed by atoms with Crippen molar-refractivity contribution < 1.29 is 14.6 Å². The third-order valence-electron chi connectivity index (χ3n) is 5.39. The number of amides is 1. The second-order valence-corrected chi connectivity index (χ2v) is 8.24. The Balaban J connectivity index is 1.82. The van der Waals surface area contributed by atoms with E-state index >= 15 is 0 Å². The molecule has 0 aliphatic carbocycles. The number of carbonyl (C=O) groups is 1. The molecule has 0 saturated heterocycles. The molecule has 4 nitrogen and oxygen atoms in total. The summed E-state index contributed by atoms with van der Waals surface area (Å²) in [6.45, 7) is 2.33. The third kappa shape index (κ3) is 3.73. The highest BCUT2D eigenvalue weighted by Crippen LogP contribution is 2.44. The molecule has 1 aliphatic heterocycles. The highest BCUT2D eigenvalue weighted by Gasteiger charge is 2.41. The zero-order valence-corrected chi connectivity index (χ0v) is 18.4. The molecular weight excluding hydrogens is 442 g/mol. The molecule has 1 aliphatic rings. The first-order valence-corrected chi connectivity index (χ1v) is 10.5. The first kappa shape index (κ1) is 20.2. The lowest BCUT2D eigenvalue weighted by Crippen LogP contribution is -2.30. The van der Waals surface area contributed by atoms with Crippen molar-refractivity contribution in [1.82, 2.24) is 4.90 Å². The summed E-state index contributed by atoms with van der Waals surface area (Å²) in [5.41, 5.74) is 4.39. The summed E-state index contributed by atoms with van der Waals surface area (Å²) >= 11 is 3.48. The van der Waals surface area contributed by atoms with Crippen LogP contribution in [0.1, 0.15) is 28.3 Å². The molecule has 0 saturated carbocycles. The molecule has 1 amide bonds. The summed E-state index contributed by atoms with van der Waals surface area (Å²) in [4.78, 5) is 14.9. The number of halogens is 1. The van der Waals surface area contributed by atoms with E-state index in [2.05, 4.69) is 15.9 Å². The molecular formula is C25H22BrNO3. The molecule has 0 fully saturated rings. The zero-order chi connectivity index (χ0) is 21.3. The second kappa shape index (κ2) is 8.36. The lowest BCUT2D eigenvalue weighted by atomic mass is 9.93. The molecule has 1 heterocycles. The third-order valence-corrected chi connectivity index (χ3v) is 5.91. The number of hydrogen-bond donors (Lipinski definition) is 1. The van der Waals surface area contributed by atoms with E-state index in [1.54, 1.807) is 12.0 Å². The number of carbonyl (C=O) groups excluding carboxylic acids is 1. The Bertz CT molecular complexity index is 1100. The summed E-state index contributed by atoms with van der Waals surface area (Å²) in [5.74, 6) is 0.120. The van der Waals surface area contributed by atoms with Crippen LogP contribution in [0.2, 0.25) is 0 Å². The van der Waals surface area contributed by atoms with Crippen molar-refractivity contribution in [3.8, 4) is 5.75 Å². The normalized spacial score (nSPS) is 16.3. The van der Waals surface area contributed by atoms with Gasteiger partial charge in [-0.25, -0.2) is 0 Å². The number of aliphatic hydroxyl groups excluding tert-OH is 1. The van der Waals surface area contributed by atoms with Gasteiger partial charge in [-0.1, -0.05) is 76.1 Å². The second-order valence-electron chi connectivity index (χ2n) is 7.33. The van der Waals surface area contributed by atoms with Crippen molar-refractivity contribution in [2.45, 2.75) is 19.5 Å².